The van der Waals surface area contributed by atoms with Crippen LogP contribution in [-0.4, -0.2) is 74.4 Å². The second-order valence-corrected chi connectivity index (χ2v) is 15.3. The summed E-state index contributed by atoms with van der Waals surface area (Å²) in [6.45, 7) is 1.00. The topological polar surface area (TPSA) is 228 Å². The molecular formula is C40H58FN6O9P. The number of ether oxygens (including phenoxy) is 3. The Balaban J connectivity index is 1.44. The molecule has 0 saturated heterocycles. The lowest BCUT2D eigenvalue weighted by Crippen LogP contribution is -2.37. The van der Waals surface area contributed by atoms with E-state index in [1.54, 1.807) is 0 Å². The molecule has 0 aliphatic rings. The van der Waals surface area contributed by atoms with E-state index in [2.05, 4.69) is 29.2 Å². The van der Waals surface area contributed by atoms with Crippen LogP contribution in [0.25, 0.3) is 5.52 Å². The average Bonchev–Trinajstić information content (AvgIpc) is 3.65. The molecule has 0 aliphatic heterocycles. The molecule has 0 radical (unpaired) electrons. The smallest absolute Gasteiger partial charge is 0.419 e. The van der Waals surface area contributed by atoms with Gasteiger partial charge in [-0.15, -0.1) is 0 Å². The summed E-state index contributed by atoms with van der Waals surface area (Å²) in [6, 6.07) is 8.75. The van der Waals surface area contributed by atoms with Crippen LogP contribution in [0.15, 0.2) is 48.8 Å². The number of allylic oxidation sites excluding steroid dienone is 2. The molecule has 15 nitrogen and oxygen atoms in total. The second kappa shape index (κ2) is 26.9. The number of nitrogen functional groups attached to an aromatic ring is 1. The zero-order chi connectivity index (χ0) is 41.3. The summed E-state index contributed by atoms with van der Waals surface area (Å²) in [6.07, 6.45) is 17.6. The van der Waals surface area contributed by atoms with Gasteiger partial charge in [-0.2, -0.15) is 15.6 Å². The molecule has 2 aromatic heterocycles. The molecule has 1 aromatic carbocycles. The van der Waals surface area contributed by atoms with E-state index < -0.39 is 51.3 Å². The van der Waals surface area contributed by atoms with Gasteiger partial charge < -0.3 is 35.1 Å². The summed E-state index contributed by atoms with van der Waals surface area (Å²) < 4.78 is 55.4. The number of nitrogens with two attached hydrogens (primary N) is 1. The molecule has 0 saturated carbocycles. The first-order valence-electron chi connectivity index (χ1n) is 19.7. The van der Waals surface area contributed by atoms with Gasteiger partial charge in [-0.05, 0) is 56.4 Å². The van der Waals surface area contributed by atoms with Crippen molar-refractivity contribution in [1.29, 1.82) is 10.5 Å². The molecule has 0 fully saturated rings. The van der Waals surface area contributed by atoms with Crippen molar-refractivity contribution in [3.05, 3.63) is 71.4 Å². The van der Waals surface area contributed by atoms with Crippen molar-refractivity contribution in [2.75, 3.05) is 32.2 Å². The molecule has 0 spiro atoms. The molecule has 5 atom stereocenters. The number of rotatable bonds is 31. The first-order valence-corrected chi connectivity index (χ1v) is 21.2. The van der Waals surface area contributed by atoms with E-state index in [0.29, 0.717) is 12.1 Å². The Bertz CT molecular complexity index is 1770. The van der Waals surface area contributed by atoms with Gasteiger partial charge in [-0.1, -0.05) is 82.9 Å². The van der Waals surface area contributed by atoms with Crippen molar-refractivity contribution >= 4 is 19.2 Å². The maximum Gasteiger partial charge on any atom is 0.472 e. The standard InChI is InChI=1S/C40H58FN6O9P/c1-2-3-4-5-6-7-8-9-10-11-12-13-14-15-16-17-22-52-26-33(53-25-32-19-18-31(24-42)23-34(32)41)27-55-57(50,51)56-28-37(54-29-43)39(49)38(48)35-20-21-36-40(44)45-30-46-47(35)36/h9-10,18-21,23,30,33,37-39,48-49H,2-8,11-17,22,25-28H2,1H3,(H,50,51)(H2,44,45,46)/b10-9+/t33-,37-,38+,39-/m1/s1. The molecule has 0 aliphatic carbocycles. The molecule has 0 bridgehead atoms. The molecule has 17 heteroatoms. The fourth-order valence-electron chi connectivity index (χ4n) is 5.98. The number of fused-ring (bicyclic) bond motifs is 1. The highest BCUT2D eigenvalue weighted by Crippen LogP contribution is 2.44. The number of hydrogen-bond donors (Lipinski definition) is 4. The van der Waals surface area contributed by atoms with Gasteiger partial charge in [-0.3, -0.25) is 9.05 Å². The van der Waals surface area contributed by atoms with Crippen LogP contribution < -0.4 is 5.73 Å². The van der Waals surface area contributed by atoms with E-state index in [0.717, 1.165) is 44.5 Å². The number of aliphatic hydroxyl groups excluding tert-OH is 2. The van der Waals surface area contributed by atoms with Crippen LogP contribution in [0.4, 0.5) is 10.2 Å². The zero-order valence-corrected chi connectivity index (χ0v) is 33.7. The minimum Gasteiger partial charge on any atom is -0.419 e. The predicted octanol–water partition coefficient (Wildman–Crippen LogP) is 7.36. The average molecular weight is 817 g/mol. The van der Waals surface area contributed by atoms with Crippen molar-refractivity contribution in [3.63, 3.8) is 0 Å². The summed E-state index contributed by atoms with van der Waals surface area (Å²) in [7, 11) is -4.87. The van der Waals surface area contributed by atoms with Gasteiger partial charge in [0, 0.05) is 12.2 Å². The number of unbranched alkanes of at least 4 members (excludes halogenated alkanes) is 12. The lowest BCUT2D eigenvalue weighted by Gasteiger charge is -2.25. The maximum absolute atomic E-state index is 14.5. The van der Waals surface area contributed by atoms with E-state index in [4.69, 9.17) is 39.5 Å². The molecule has 3 rings (SSSR count). The van der Waals surface area contributed by atoms with Gasteiger partial charge in [0.05, 0.1) is 43.8 Å². The number of aliphatic hydroxyl groups is 2. The van der Waals surface area contributed by atoms with Crippen LogP contribution >= 0.6 is 7.82 Å². The Hall–Kier alpha value is -3.96. The first kappa shape index (κ1) is 47.4. The van der Waals surface area contributed by atoms with Gasteiger partial charge >= 0.3 is 7.82 Å². The van der Waals surface area contributed by atoms with Gasteiger partial charge in [-0.25, -0.2) is 18.5 Å². The molecule has 0 amide bonds. The van der Waals surface area contributed by atoms with Crippen molar-refractivity contribution in [2.45, 2.75) is 128 Å². The first-order chi connectivity index (χ1) is 27.6. The summed E-state index contributed by atoms with van der Waals surface area (Å²) in [4.78, 5) is 14.3. The highest BCUT2D eigenvalue weighted by Gasteiger charge is 2.35. The summed E-state index contributed by atoms with van der Waals surface area (Å²) in [5, 5.41) is 43.9. The monoisotopic (exact) mass is 816 g/mol. The highest BCUT2D eigenvalue weighted by atomic mass is 31.2. The number of halogens is 1. The molecule has 57 heavy (non-hydrogen) atoms. The van der Waals surface area contributed by atoms with Crippen molar-refractivity contribution in [1.82, 2.24) is 14.6 Å². The van der Waals surface area contributed by atoms with Gasteiger partial charge in [0.15, 0.2) is 11.9 Å². The van der Waals surface area contributed by atoms with Crippen molar-refractivity contribution in [2.24, 2.45) is 0 Å². The number of benzene rings is 1. The predicted molar refractivity (Wildman–Crippen MR) is 211 cm³/mol. The number of nitriles is 2. The molecule has 1 unspecified atom stereocenters. The molecule has 3 aromatic rings. The highest BCUT2D eigenvalue weighted by molar-refractivity contribution is 7.47. The Labute approximate surface area is 334 Å². The minimum absolute atomic E-state index is 0.0482. The van der Waals surface area contributed by atoms with Crippen molar-refractivity contribution < 1.29 is 47.3 Å². The quantitative estimate of drug-likeness (QED) is 0.0215. The molecular weight excluding hydrogens is 758 g/mol. The Morgan fingerprint density at radius 2 is 1.60 bits per heavy atom. The summed E-state index contributed by atoms with van der Waals surface area (Å²) >= 11 is 0. The third-order valence-corrected chi connectivity index (χ3v) is 10.3. The fraction of sp³-hybridized carbons (Fsp3) is 0.600. The number of phosphoric acid groups is 1. The molecule has 314 valence electrons. The second-order valence-electron chi connectivity index (χ2n) is 13.8. The Morgan fingerprint density at radius 1 is 0.930 bits per heavy atom. The van der Waals surface area contributed by atoms with E-state index >= 15 is 0 Å². The van der Waals surface area contributed by atoms with Crippen LogP contribution in [-0.2, 0) is 34.4 Å². The van der Waals surface area contributed by atoms with Crippen LogP contribution in [0.1, 0.15) is 120 Å². The Kier molecular flexibility index (Phi) is 22.3. The lowest BCUT2D eigenvalue weighted by atomic mass is 10.1. The number of nitrogens with zero attached hydrogens (tertiary/aromatic N) is 5. The van der Waals surface area contributed by atoms with Crippen LogP contribution in [0.5, 0.6) is 0 Å². The van der Waals surface area contributed by atoms with Gasteiger partial charge in [0.25, 0.3) is 6.26 Å². The number of hydrogen-bond acceptors (Lipinski definition) is 13. The lowest BCUT2D eigenvalue weighted by molar-refractivity contribution is -0.0821. The minimum atomic E-state index is -4.87. The maximum atomic E-state index is 14.5. The molecule has 5 N–H and O–H groups in total. The van der Waals surface area contributed by atoms with E-state index in [1.165, 1.54) is 92.8 Å². The van der Waals surface area contributed by atoms with Crippen molar-refractivity contribution in [3.8, 4) is 12.3 Å². The van der Waals surface area contributed by atoms with E-state index in [9.17, 15) is 24.1 Å². The Morgan fingerprint density at radius 3 is 2.26 bits per heavy atom. The zero-order valence-electron chi connectivity index (χ0n) is 32.8. The van der Waals surface area contributed by atoms with E-state index in [1.807, 2.05) is 6.07 Å². The van der Waals surface area contributed by atoms with Crippen LogP contribution in [0.2, 0.25) is 0 Å². The number of aromatic nitrogens is 3. The van der Waals surface area contributed by atoms with Crippen LogP contribution in [0, 0.1) is 28.7 Å². The summed E-state index contributed by atoms with van der Waals surface area (Å²) in [5.41, 5.74) is 6.57. The fourth-order valence-corrected chi connectivity index (χ4v) is 6.74. The number of anilines is 1. The SMILES string of the molecule is CCCCCCCC/C=C/CCCCCCCCOC[C@H](COP(=O)(O)OC[C@@H](OC#N)[C@@H](O)[C@@H](O)c1ccc2c(N)ncnn12)OCc1ccc(C#N)cc1F. The van der Waals surface area contributed by atoms with Gasteiger partial charge in [0.2, 0.25) is 0 Å². The summed E-state index contributed by atoms with van der Waals surface area (Å²) in [5.74, 6) is -0.527. The largest absolute Gasteiger partial charge is 0.472 e. The van der Waals surface area contributed by atoms with Crippen LogP contribution in [0.3, 0.4) is 0 Å². The number of phosphoric ester groups is 1. The third kappa shape index (κ3) is 17.6. The normalized spacial score (nSPS) is 14.9. The third-order valence-electron chi connectivity index (χ3n) is 9.31. The molecule has 2 heterocycles. The van der Waals surface area contributed by atoms with E-state index in [-0.39, 0.29) is 35.9 Å². The van der Waals surface area contributed by atoms with Gasteiger partial charge in [0.1, 0.15) is 36.0 Å².